The van der Waals surface area contributed by atoms with Crippen LogP contribution >= 0.6 is 11.8 Å². The van der Waals surface area contributed by atoms with E-state index in [1.807, 2.05) is 85.8 Å². The van der Waals surface area contributed by atoms with Gasteiger partial charge in [-0.1, -0.05) is 72.8 Å². The average molecular weight is 626 g/mol. The third-order valence-electron chi connectivity index (χ3n) is 7.51. The molecule has 4 aromatic rings. The molecular formula is C36H39N3O5S. The molecule has 8 nitrogen and oxygen atoms in total. The minimum atomic E-state index is -0.558. The summed E-state index contributed by atoms with van der Waals surface area (Å²) in [6.07, 6.45) is -0.120. The van der Waals surface area contributed by atoms with Crippen molar-refractivity contribution in [1.29, 1.82) is 0 Å². The summed E-state index contributed by atoms with van der Waals surface area (Å²) in [4.78, 5) is 24.4. The molecule has 0 unspecified atom stereocenters. The molecule has 0 bridgehead atoms. The van der Waals surface area contributed by atoms with Gasteiger partial charge in [0.1, 0.15) is 0 Å². The molecule has 234 valence electrons. The molecule has 5 rings (SSSR count). The Labute approximate surface area is 268 Å². The van der Waals surface area contributed by atoms with E-state index in [1.165, 1.54) is 6.92 Å². The smallest absolute Gasteiger partial charge is 0.315 e. The van der Waals surface area contributed by atoms with Crippen LogP contribution in [0.2, 0.25) is 0 Å². The monoisotopic (exact) mass is 625 g/mol. The highest BCUT2D eigenvalue weighted by molar-refractivity contribution is 7.99. The first-order chi connectivity index (χ1) is 21.9. The molecular weight excluding hydrogens is 586 g/mol. The Morgan fingerprint density at radius 3 is 2.27 bits per heavy atom. The lowest BCUT2D eigenvalue weighted by Crippen LogP contribution is -2.34. The number of thioether (sulfide) groups is 1. The van der Waals surface area contributed by atoms with Crippen LogP contribution in [-0.2, 0) is 27.4 Å². The van der Waals surface area contributed by atoms with Crippen molar-refractivity contribution in [3.8, 4) is 11.1 Å². The van der Waals surface area contributed by atoms with Gasteiger partial charge in [0.2, 0.25) is 5.91 Å². The highest BCUT2D eigenvalue weighted by Gasteiger charge is 2.32. The quantitative estimate of drug-likeness (QED) is 0.134. The number of hydrogen-bond acceptors (Lipinski definition) is 6. The van der Waals surface area contributed by atoms with Crippen LogP contribution in [0.1, 0.15) is 54.9 Å². The first kappa shape index (κ1) is 32.2. The SMILES string of the molecule is CCNC(=O)NCc1ccccc1-c1ccc([C@@H]2O[C@H](CSc3ccc(NC(C)=O)cc3)C[C@H](c3ccc(CO)cc3)O2)cc1. The van der Waals surface area contributed by atoms with E-state index in [1.54, 1.807) is 11.8 Å². The van der Waals surface area contributed by atoms with E-state index < -0.39 is 6.29 Å². The third-order valence-corrected chi connectivity index (χ3v) is 8.66. The van der Waals surface area contributed by atoms with Crippen molar-refractivity contribution in [2.45, 2.75) is 56.8 Å². The summed E-state index contributed by atoms with van der Waals surface area (Å²) in [5.74, 6) is 0.634. The number of anilines is 1. The number of aliphatic hydroxyl groups excluding tert-OH is 1. The number of hydrogen-bond donors (Lipinski definition) is 4. The molecule has 45 heavy (non-hydrogen) atoms. The van der Waals surface area contributed by atoms with Crippen LogP contribution in [0.15, 0.2) is 102 Å². The first-order valence-corrected chi connectivity index (χ1v) is 16.1. The Kier molecular flexibility index (Phi) is 11.3. The summed E-state index contributed by atoms with van der Waals surface area (Å²) < 4.78 is 13.1. The summed E-state index contributed by atoms with van der Waals surface area (Å²) in [6.45, 7) is 4.37. The number of rotatable bonds is 11. The van der Waals surface area contributed by atoms with Gasteiger partial charge < -0.3 is 30.5 Å². The molecule has 4 aromatic carbocycles. The standard InChI is InChI=1S/C36H39N3O5S/c1-3-37-36(42)38-21-29-6-4-5-7-33(29)26-12-14-28(15-13-26)35-43-31(20-34(44-35)27-10-8-25(22-40)9-11-27)23-45-32-18-16-30(17-19-32)39-24(2)41/h4-19,31,34-35,40H,3,20-23H2,1-2H3,(H,39,41)(H2,37,38,42)/t31-,34+,35+/m0/s1. The largest absolute Gasteiger partial charge is 0.392 e. The van der Waals surface area contributed by atoms with Crippen LogP contribution in [0.5, 0.6) is 0 Å². The van der Waals surface area contributed by atoms with Crippen molar-refractivity contribution < 1.29 is 24.2 Å². The Morgan fingerprint density at radius 1 is 0.867 bits per heavy atom. The lowest BCUT2D eigenvalue weighted by atomic mass is 9.98. The van der Waals surface area contributed by atoms with Gasteiger partial charge in [0, 0.05) is 48.3 Å². The maximum atomic E-state index is 12.0. The third kappa shape index (κ3) is 8.95. The van der Waals surface area contributed by atoms with Crippen LogP contribution in [-0.4, -0.2) is 35.4 Å². The summed E-state index contributed by atoms with van der Waals surface area (Å²) in [6, 6.07) is 31.7. The van der Waals surface area contributed by atoms with Gasteiger partial charge >= 0.3 is 6.03 Å². The minimum absolute atomic E-state index is 0.00495. The van der Waals surface area contributed by atoms with E-state index in [4.69, 9.17) is 9.47 Å². The van der Waals surface area contributed by atoms with Crippen LogP contribution in [0, 0.1) is 0 Å². The predicted octanol–water partition coefficient (Wildman–Crippen LogP) is 6.96. The van der Waals surface area contributed by atoms with Crippen molar-refractivity contribution in [3.05, 3.63) is 119 Å². The molecule has 0 saturated carbocycles. The number of carbonyl (C=O) groups excluding carboxylic acids is 2. The average Bonchev–Trinajstić information content (AvgIpc) is 3.07. The van der Waals surface area contributed by atoms with Gasteiger partial charge in [-0.15, -0.1) is 11.8 Å². The number of ether oxygens (including phenoxy) is 2. The van der Waals surface area contributed by atoms with E-state index in [0.717, 1.165) is 49.7 Å². The zero-order chi connectivity index (χ0) is 31.6. The second kappa shape index (κ2) is 15.7. The molecule has 3 atom stereocenters. The van der Waals surface area contributed by atoms with Gasteiger partial charge in [-0.3, -0.25) is 4.79 Å². The fraction of sp³-hybridized carbons (Fsp3) is 0.278. The van der Waals surface area contributed by atoms with Crippen molar-refractivity contribution in [2.24, 2.45) is 0 Å². The van der Waals surface area contributed by atoms with Crippen molar-refractivity contribution in [1.82, 2.24) is 10.6 Å². The molecule has 4 N–H and O–H groups in total. The van der Waals surface area contributed by atoms with Crippen LogP contribution < -0.4 is 16.0 Å². The number of aliphatic hydroxyl groups is 1. The minimum Gasteiger partial charge on any atom is -0.392 e. The van der Waals surface area contributed by atoms with E-state index in [0.29, 0.717) is 19.5 Å². The molecule has 3 amide bonds. The van der Waals surface area contributed by atoms with Crippen molar-refractivity contribution >= 4 is 29.4 Å². The van der Waals surface area contributed by atoms with Crippen LogP contribution in [0.3, 0.4) is 0 Å². The van der Waals surface area contributed by atoms with E-state index in [2.05, 4.69) is 34.1 Å². The maximum absolute atomic E-state index is 12.0. The van der Waals surface area contributed by atoms with Crippen LogP contribution in [0.25, 0.3) is 11.1 Å². The van der Waals surface area contributed by atoms with Gasteiger partial charge in [0.25, 0.3) is 0 Å². The Bertz CT molecular complexity index is 1560. The fourth-order valence-corrected chi connectivity index (χ4v) is 6.15. The summed E-state index contributed by atoms with van der Waals surface area (Å²) in [5, 5.41) is 18.0. The van der Waals surface area contributed by atoms with Crippen molar-refractivity contribution in [3.63, 3.8) is 0 Å². The highest BCUT2D eigenvalue weighted by Crippen LogP contribution is 2.40. The lowest BCUT2D eigenvalue weighted by Gasteiger charge is -2.36. The molecule has 1 aliphatic heterocycles. The van der Waals surface area contributed by atoms with Gasteiger partial charge in [-0.25, -0.2) is 4.79 Å². The first-order valence-electron chi connectivity index (χ1n) is 15.1. The molecule has 0 spiro atoms. The summed E-state index contributed by atoms with van der Waals surface area (Å²) in [7, 11) is 0. The normalized spacial score (nSPS) is 17.8. The zero-order valence-electron chi connectivity index (χ0n) is 25.5. The molecule has 0 aliphatic carbocycles. The molecule has 1 heterocycles. The van der Waals surface area contributed by atoms with E-state index in [9.17, 15) is 14.7 Å². The molecule has 0 radical (unpaired) electrons. The van der Waals surface area contributed by atoms with Gasteiger partial charge in [0.05, 0.1) is 18.8 Å². The van der Waals surface area contributed by atoms with Gasteiger partial charge in [-0.05, 0) is 59.0 Å². The lowest BCUT2D eigenvalue weighted by molar-refractivity contribution is -0.245. The van der Waals surface area contributed by atoms with E-state index in [-0.39, 0.29) is 30.8 Å². The predicted molar refractivity (Wildman–Crippen MR) is 178 cm³/mol. The van der Waals surface area contributed by atoms with E-state index >= 15 is 0 Å². The number of urea groups is 1. The number of nitrogens with one attached hydrogen (secondary N) is 3. The second-order valence-corrected chi connectivity index (χ2v) is 12.0. The van der Waals surface area contributed by atoms with Crippen molar-refractivity contribution in [2.75, 3.05) is 17.6 Å². The molecule has 1 aliphatic rings. The number of carbonyl (C=O) groups is 2. The Morgan fingerprint density at radius 2 is 1.58 bits per heavy atom. The Hall–Kier alpha value is -4.15. The molecule has 1 fully saturated rings. The number of amides is 3. The summed E-state index contributed by atoms with van der Waals surface area (Å²) in [5.41, 5.74) is 6.69. The van der Waals surface area contributed by atoms with Crippen LogP contribution in [0.4, 0.5) is 10.5 Å². The molecule has 0 aromatic heterocycles. The molecule has 1 saturated heterocycles. The maximum Gasteiger partial charge on any atom is 0.315 e. The topological polar surface area (TPSA) is 109 Å². The molecule has 9 heteroatoms. The second-order valence-electron chi connectivity index (χ2n) is 10.9. The zero-order valence-corrected chi connectivity index (χ0v) is 26.3. The van der Waals surface area contributed by atoms with Gasteiger partial charge in [0.15, 0.2) is 6.29 Å². The Balaban J connectivity index is 1.32. The highest BCUT2D eigenvalue weighted by atomic mass is 32.2. The fourth-order valence-electron chi connectivity index (χ4n) is 5.22. The summed E-state index contributed by atoms with van der Waals surface area (Å²) >= 11 is 1.71. The number of benzene rings is 4. The van der Waals surface area contributed by atoms with Gasteiger partial charge in [-0.2, -0.15) is 0 Å².